The van der Waals surface area contributed by atoms with Crippen LogP contribution in [0, 0.1) is 5.82 Å². The topological polar surface area (TPSA) is 55.6 Å². The van der Waals surface area contributed by atoms with Gasteiger partial charge < -0.3 is 15.4 Å². The fraction of sp³-hybridized carbons (Fsp3) is 0.316. The number of morpholine rings is 1. The minimum absolute atomic E-state index is 0.0122. The SMILES string of the molecule is NCC[C@@H]1CN(C(=O)c2cccc(-c3ccc(F)c(Cl)c3)c2)CCO1. The Balaban J connectivity index is 1.80. The molecule has 1 saturated heterocycles. The van der Waals surface area contributed by atoms with E-state index >= 15 is 0 Å². The Morgan fingerprint density at radius 2 is 2.08 bits per heavy atom. The summed E-state index contributed by atoms with van der Waals surface area (Å²) in [4.78, 5) is 14.6. The van der Waals surface area contributed by atoms with E-state index in [1.165, 1.54) is 6.07 Å². The molecule has 0 unspecified atom stereocenters. The van der Waals surface area contributed by atoms with Crippen molar-refractivity contribution in [2.75, 3.05) is 26.2 Å². The molecule has 6 heteroatoms. The lowest BCUT2D eigenvalue weighted by molar-refractivity contribution is -0.0236. The average Bonchev–Trinajstić information content (AvgIpc) is 2.64. The number of amides is 1. The molecule has 25 heavy (non-hydrogen) atoms. The van der Waals surface area contributed by atoms with Gasteiger partial charge in [-0.2, -0.15) is 0 Å². The number of benzene rings is 2. The molecule has 1 aliphatic heterocycles. The Morgan fingerprint density at radius 1 is 1.28 bits per heavy atom. The maximum absolute atomic E-state index is 13.4. The molecule has 0 bridgehead atoms. The fourth-order valence-corrected chi connectivity index (χ4v) is 3.13. The van der Waals surface area contributed by atoms with E-state index in [0.29, 0.717) is 31.8 Å². The summed E-state index contributed by atoms with van der Waals surface area (Å²) in [6.07, 6.45) is 0.722. The van der Waals surface area contributed by atoms with Gasteiger partial charge in [0.25, 0.3) is 5.91 Å². The number of hydrogen-bond acceptors (Lipinski definition) is 3. The van der Waals surface area contributed by atoms with E-state index in [2.05, 4.69) is 0 Å². The van der Waals surface area contributed by atoms with Gasteiger partial charge in [-0.15, -0.1) is 0 Å². The van der Waals surface area contributed by atoms with Gasteiger partial charge in [-0.3, -0.25) is 4.79 Å². The van der Waals surface area contributed by atoms with Crippen LogP contribution in [0.25, 0.3) is 11.1 Å². The monoisotopic (exact) mass is 362 g/mol. The van der Waals surface area contributed by atoms with Gasteiger partial charge in [-0.25, -0.2) is 4.39 Å². The van der Waals surface area contributed by atoms with Crippen molar-refractivity contribution >= 4 is 17.5 Å². The third-order valence-corrected chi connectivity index (χ3v) is 4.57. The maximum atomic E-state index is 13.4. The van der Waals surface area contributed by atoms with E-state index < -0.39 is 5.82 Å². The number of carbonyl (C=O) groups excluding carboxylic acids is 1. The summed E-state index contributed by atoms with van der Waals surface area (Å²) in [5.41, 5.74) is 7.75. The highest BCUT2D eigenvalue weighted by molar-refractivity contribution is 6.31. The molecule has 4 nitrogen and oxygen atoms in total. The first-order valence-electron chi connectivity index (χ1n) is 8.25. The van der Waals surface area contributed by atoms with Crippen molar-refractivity contribution in [2.24, 2.45) is 5.73 Å². The summed E-state index contributed by atoms with van der Waals surface area (Å²) in [5, 5.41) is 0.0621. The van der Waals surface area contributed by atoms with Crippen LogP contribution in [0.1, 0.15) is 16.8 Å². The number of carbonyl (C=O) groups is 1. The second kappa shape index (κ2) is 7.95. The standard InChI is InChI=1S/C19H20ClFN2O2/c20-17-11-14(4-5-18(17)21)13-2-1-3-15(10-13)19(24)23-8-9-25-16(12-23)6-7-22/h1-5,10-11,16H,6-9,12,22H2/t16-/m1/s1. The van der Waals surface area contributed by atoms with E-state index in [1.54, 1.807) is 29.2 Å². The molecule has 1 atom stereocenters. The number of halogens is 2. The van der Waals surface area contributed by atoms with Crippen molar-refractivity contribution in [3.8, 4) is 11.1 Å². The predicted molar refractivity (Wildman–Crippen MR) is 96.2 cm³/mol. The third-order valence-electron chi connectivity index (χ3n) is 4.28. The van der Waals surface area contributed by atoms with Crippen LogP contribution in [-0.2, 0) is 4.74 Å². The molecule has 0 aliphatic carbocycles. The van der Waals surface area contributed by atoms with Crippen molar-refractivity contribution in [3.63, 3.8) is 0 Å². The number of rotatable bonds is 4. The quantitative estimate of drug-likeness (QED) is 0.907. The Bertz CT molecular complexity index is 767. The van der Waals surface area contributed by atoms with Crippen molar-refractivity contribution < 1.29 is 13.9 Å². The van der Waals surface area contributed by atoms with Crippen LogP contribution in [0.15, 0.2) is 42.5 Å². The highest BCUT2D eigenvalue weighted by Crippen LogP contribution is 2.26. The van der Waals surface area contributed by atoms with Gasteiger partial charge in [0.2, 0.25) is 0 Å². The molecule has 2 N–H and O–H groups in total. The predicted octanol–water partition coefficient (Wildman–Crippen LogP) is 3.34. The maximum Gasteiger partial charge on any atom is 0.254 e. The Hall–Kier alpha value is -1.95. The zero-order chi connectivity index (χ0) is 17.8. The van der Waals surface area contributed by atoms with Gasteiger partial charge >= 0.3 is 0 Å². The van der Waals surface area contributed by atoms with Crippen molar-refractivity contribution in [1.29, 1.82) is 0 Å². The summed E-state index contributed by atoms with van der Waals surface area (Å²) in [7, 11) is 0. The Kier molecular flexibility index (Phi) is 5.68. The van der Waals surface area contributed by atoms with Crippen LogP contribution in [-0.4, -0.2) is 43.2 Å². The molecular weight excluding hydrogens is 343 g/mol. The minimum Gasteiger partial charge on any atom is -0.374 e. The van der Waals surface area contributed by atoms with Crippen LogP contribution in [0.2, 0.25) is 5.02 Å². The fourth-order valence-electron chi connectivity index (χ4n) is 2.95. The Morgan fingerprint density at radius 3 is 2.84 bits per heavy atom. The molecule has 1 heterocycles. The van der Waals surface area contributed by atoms with Crippen LogP contribution in [0.4, 0.5) is 4.39 Å². The van der Waals surface area contributed by atoms with Crippen molar-refractivity contribution in [3.05, 3.63) is 58.9 Å². The first-order chi connectivity index (χ1) is 12.1. The molecule has 2 aromatic rings. The van der Waals surface area contributed by atoms with Gasteiger partial charge in [0.1, 0.15) is 5.82 Å². The Labute approximate surface area is 151 Å². The van der Waals surface area contributed by atoms with Crippen LogP contribution in [0.3, 0.4) is 0 Å². The zero-order valence-corrected chi connectivity index (χ0v) is 14.5. The van der Waals surface area contributed by atoms with Crippen molar-refractivity contribution in [1.82, 2.24) is 4.90 Å². The summed E-state index contributed by atoms with van der Waals surface area (Å²) >= 11 is 5.86. The molecule has 0 spiro atoms. The van der Waals surface area contributed by atoms with E-state index in [9.17, 15) is 9.18 Å². The van der Waals surface area contributed by atoms with Gasteiger partial charge in [-0.05, 0) is 48.4 Å². The normalized spacial score (nSPS) is 17.6. The number of hydrogen-bond donors (Lipinski definition) is 1. The molecule has 3 rings (SSSR count). The van der Waals surface area contributed by atoms with E-state index in [0.717, 1.165) is 17.5 Å². The molecule has 0 saturated carbocycles. The first-order valence-corrected chi connectivity index (χ1v) is 8.62. The molecule has 2 aromatic carbocycles. The number of nitrogens with zero attached hydrogens (tertiary/aromatic N) is 1. The number of nitrogens with two attached hydrogens (primary N) is 1. The molecule has 0 radical (unpaired) electrons. The highest BCUT2D eigenvalue weighted by Gasteiger charge is 2.24. The molecule has 132 valence electrons. The second-order valence-corrected chi connectivity index (χ2v) is 6.44. The summed E-state index contributed by atoms with van der Waals surface area (Å²) in [6, 6.07) is 11.8. The molecule has 1 amide bonds. The van der Waals surface area contributed by atoms with Gasteiger partial charge in [-0.1, -0.05) is 29.8 Å². The van der Waals surface area contributed by atoms with Crippen LogP contribution < -0.4 is 5.73 Å². The lowest BCUT2D eigenvalue weighted by Gasteiger charge is -2.33. The summed E-state index contributed by atoms with van der Waals surface area (Å²) in [6.45, 7) is 2.16. The zero-order valence-electron chi connectivity index (χ0n) is 13.8. The summed E-state index contributed by atoms with van der Waals surface area (Å²) < 4.78 is 19.0. The van der Waals surface area contributed by atoms with Gasteiger partial charge in [0.15, 0.2) is 0 Å². The van der Waals surface area contributed by atoms with Gasteiger partial charge in [0.05, 0.1) is 17.7 Å². The lowest BCUT2D eigenvalue weighted by atomic mass is 10.0. The highest BCUT2D eigenvalue weighted by atomic mass is 35.5. The lowest BCUT2D eigenvalue weighted by Crippen LogP contribution is -2.46. The smallest absolute Gasteiger partial charge is 0.254 e. The first kappa shape index (κ1) is 17.9. The third kappa shape index (κ3) is 4.18. The van der Waals surface area contributed by atoms with E-state index in [-0.39, 0.29) is 17.0 Å². The van der Waals surface area contributed by atoms with Crippen LogP contribution >= 0.6 is 11.6 Å². The number of ether oxygens (including phenoxy) is 1. The summed E-state index contributed by atoms with van der Waals surface area (Å²) in [5.74, 6) is -0.503. The average molecular weight is 363 g/mol. The van der Waals surface area contributed by atoms with Crippen molar-refractivity contribution in [2.45, 2.75) is 12.5 Å². The second-order valence-electron chi connectivity index (χ2n) is 6.03. The van der Waals surface area contributed by atoms with E-state index in [1.807, 2.05) is 12.1 Å². The van der Waals surface area contributed by atoms with Gasteiger partial charge in [0, 0.05) is 18.7 Å². The molecule has 0 aromatic heterocycles. The van der Waals surface area contributed by atoms with E-state index in [4.69, 9.17) is 22.1 Å². The minimum atomic E-state index is -0.461. The molecule has 1 aliphatic rings. The van der Waals surface area contributed by atoms with Crippen LogP contribution in [0.5, 0.6) is 0 Å². The molecular formula is C19H20ClFN2O2. The molecule has 1 fully saturated rings. The largest absolute Gasteiger partial charge is 0.374 e.